The van der Waals surface area contributed by atoms with E-state index in [-0.39, 0.29) is 6.03 Å². The van der Waals surface area contributed by atoms with Crippen LogP contribution in [0.4, 0.5) is 10.5 Å². The van der Waals surface area contributed by atoms with Gasteiger partial charge in [0.05, 0.1) is 5.69 Å². The quantitative estimate of drug-likeness (QED) is 0.331. The van der Waals surface area contributed by atoms with Crippen LogP contribution in [0.15, 0.2) is 23.4 Å². The lowest BCUT2D eigenvalue weighted by molar-refractivity contribution is 0.250. The first kappa shape index (κ1) is 20.0. The molecule has 0 heterocycles. The number of urea groups is 1. The van der Waals surface area contributed by atoms with Gasteiger partial charge in [-0.25, -0.2) is 9.69 Å². The SMILES string of the molecule is CCC(=NO)N(C(=O)NC)c1c(C(C)CC)cccc1C(C)CC. The van der Waals surface area contributed by atoms with Crippen LogP contribution in [0.25, 0.3) is 0 Å². The van der Waals surface area contributed by atoms with Gasteiger partial charge in [-0.15, -0.1) is 0 Å². The minimum absolute atomic E-state index is 0.287. The zero-order valence-corrected chi connectivity index (χ0v) is 15.8. The van der Waals surface area contributed by atoms with Crippen molar-refractivity contribution in [3.05, 3.63) is 29.3 Å². The fourth-order valence-electron chi connectivity index (χ4n) is 2.81. The van der Waals surface area contributed by atoms with Crippen molar-refractivity contribution in [2.24, 2.45) is 5.16 Å². The molecule has 0 aliphatic rings. The van der Waals surface area contributed by atoms with Crippen LogP contribution in [0.1, 0.15) is 76.8 Å². The summed E-state index contributed by atoms with van der Waals surface area (Å²) >= 11 is 0. The van der Waals surface area contributed by atoms with E-state index in [0.29, 0.717) is 24.1 Å². The Kier molecular flexibility index (Phi) is 7.75. The molecule has 1 rings (SSSR count). The van der Waals surface area contributed by atoms with Gasteiger partial charge in [0.1, 0.15) is 0 Å². The fourth-order valence-corrected chi connectivity index (χ4v) is 2.81. The Balaban J connectivity index is 3.73. The van der Waals surface area contributed by atoms with E-state index in [1.807, 2.05) is 6.92 Å². The maximum atomic E-state index is 12.6. The second-order valence-electron chi connectivity index (χ2n) is 6.16. The van der Waals surface area contributed by atoms with Crippen molar-refractivity contribution >= 4 is 17.6 Å². The number of para-hydroxylation sites is 1. The van der Waals surface area contributed by atoms with Crippen molar-refractivity contribution in [2.45, 2.75) is 65.7 Å². The summed E-state index contributed by atoms with van der Waals surface area (Å²) in [5.74, 6) is 0.940. The summed E-state index contributed by atoms with van der Waals surface area (Å²) in [4.78, 5) is 14.2. The molecule has 2 unspecified atom stereocenters. The zero-order chi connectivity index (χ0) is 18.3. The van der Waals surface area contributed by atoms with Gasteiger partial charge in [-0.05, 0) is 35.8 Å². The number of benzene rings is 1. The lowest BCUT2D eigenvalue weighted by atomic mass is 9.88. The van der Waals surface area contributed by atoms with Gasteiger partial charge in [0.2, 0.25) is 0 Å². The monoisotopic (exact) mass is 333 g/mol. The summed E-state index contributed by atoms with van der Waals surface area (Å²) in [6.45, 7) is 10.5. The molecule has 24 heavy (non-hydrogen) atoms. The van der Waals surface area contributed by atoms with Gasteiger partial charge in [-0.3, -0.25) is 0 Å². The number of rotatable bonds is 6. The molecule has 5 heteroatoms. The molecule has 0 saturated carbocycles. The molecule has 0 saturated heterocycles. The van der Waals surface area contributed by atoms with Gasteiger partial charge < -0.3 is 10.5 Å². The molecule has 0 fully saturated rings. The predicted octanol–water partition coefficient (Wildman–Crippen LogP) is 5.06. The molecule has 0 aliphatic heterocycles. The second kappa shape index (κ2) is 9.30. The summed E-state index contributed by atoms with van der Waals surface area (Å²) in [7, 11) is 1.59. The lowest BCUT2D eigenvalue weighted by Gasteiger charge is -2.30. The highest BCUT2D eigenvalue weighted by Crippen LogP contribution is 2.38. The van der Waals surface area contributed by atoms with Crippen molar-refractivity contribution in [2.75, 3.05) is 11.9 Å². The van der Waals surface area contributed by atoms with Crippen LogP contribution in [-0.4, -0.2) is 24.1 Å². The van der Waals surface area contributed by atoms with Crippen LogP contribution in [-0.2, 0) is 0 Å². The van der Waals surface area contributed by atoms with Gasteiger partial charge in [0, 0.05) is 13.5 Å². The maximum absolute atomic E-state index is 12.6. The van der Waals surface area contributed by atoms with Crippen LogP contribution in [0.3, 0.4) is 0 Å². The fraction of sp³-hybridized carbons (Fsp3) is 0.579. The van der Waals surface area contributed by atoms with Crippen LogP contribution in [0.2, 0.25) is 0 Å². The molecular weight excluding hydrogens is 302 g/mol. The molecule has 1 aromatic carbocycles. The first-order valence-electron chi connectivity index (χ1n) is 8.82. The average Bonchev–Trinajstić information content (AvgIpc) is 2.63. The minimum atomic E-state index is -0.287. The standard InChI is InChI=1S/C19H31N3O2/c1-7-13(4)15-11-10-12-16(14(5)8-2)18(15)22(19(23)20-6)17(9-3)21-24/h10-14,24H,7-9H2,1-6H3,(H,20,23). The molecule has 0 bridgehead atoms. The van der Waals surface area contributed by atoms with Gasteiger partial charge in [-0.1, -0.05) is 58.0 Å². The van der Waals surface area contributed by atoms with E-state index in [1.165, 1.54) is 4.90 Å². The summed E-state index contributed by atoms with van der Waals surface area (Å²) < 4.78 is 0. The molecule has 2 N–H and O–H groups in total. The van der Waals surface area contributed by atoms with Crippen molar-refractivity contribution in [3.63, 3.8) is 0 Å². The van der Waals surface area contributed by atoms with Crippen molar-refractivity contribution in [1.29, 1.82) is 0 Å². The van der Waals surface area contributed by atoms with Crippen molar-refractivity contribution < 1.29 is 10.0 Å². The normalized spacial score (nSPS) is 14.2. The Bertz CT molecular complexity index is 556. The molecule has 5 nitrogen and oxygen atoms in total. The van der Waals surface area contributed by atoms with Gasteiger partial charge in [0.15, 0.2) is 5.84 Å². The maximum Gasteiger partial charge on any atom is 0.327 e. The van der Waals surface area contributed by atoms with Gasteiger partial charge in [-0.2, -0.15) is 0 Å². The Hall–Kier alpha value is -2.04. The molecule has 0 spiro atoms. The van der Waals surface area contributed by atoms with E-state index >= 15 is 0 Å². The molecule has 0 aromatic heterocycles. The molecule has 134 valence electrons. The zero-order valence-electron chi connectivity index (χ0n) is 15.8. The Morgan fingerprint density at radius 1 is 1.17 bits per heavy atom. The summed E-state index contributed by atoms with van der Waals surface area (Å²) in [6, 6.07) is 5.90. The number of oxime groups is 1. The number of amidine groups is 1. The third-order valence-electron chi connectivity index (χ3n) is 4.72. The summed E-state index contributed by atoms with van der Waals surface area (Å²) in [5, 5.41) is 15.5. The predicted molar refractivity (Wildman–Crippen MR) is 100 cm³/mol. The number of hydrogen-bond donors (Lipinski definition) is 2. The van der Waals surface area contributed by atoms with Crippen molar-refractivity contribution in [1.82, 2.24) is 5.32 Å². The van der Waals surface area contributed by atoms with Crippen LogP contribution in [0.5, 0.6) is 0 Å². The number of hydrogen-bond acceptors (Lipinski definition) is 3. The Morgan fingerprint density at radius 2 is 1.67 bits per heavy atom. The lowest BCUT2D eigenvalue weighted by Crippen LogP contribution is -2.43. The number of nitrogens with one attached hydrogen (secondary N) is 1. The topological polar surface area (TPSA) is 64.9 Å². The molecule has 1 aromatic rings. The third-order valence-corrected chi connectivity index (χ3v) is 4.72. The number of amides is 2. The Morgan fingerprint density at radius 3 is 2.00 bits per heavy atom. The highest BCUT2D eigenvalue weighted by atomic mass is 16.4. The number of anilines is 1. The van der Waals surface area contributed by atoms with E-state index in [9.17, 15) is 10.0 Å². The van der Waals surface area contributed by atoms with Crippen LogP contribution >= 0.6 is 0 Å². The summed E-state index contributed by atoms with van der Waals surface area (Å²) in [6.07, 6.45) is 2.39. The smallest absolute Gasteiger partial charge is 0.327 e. The van der Waals surface area contributed by atoms with E-state index in [0.717, 1.165) is 29.7 Å². The van der Waals surface area contributed by atoms with Crippen LogP contribution in [0, 0.1) is 0 Å². The van der Waals surface area contributed by atoms with Gasteiger partial charge in [0.25, 0.3) is 0 Å². The van der Waals surface area contributed by atoms with E-state index in [2.05, 4.69) is 56.4 Å². The first-order chi connectivity index (χ1) is 11.5. The highest BCUT2D eigenvalue weighted by molar-refractivity contribution is 6.17. The molecule has 0 aliphatic carbocycles. The van der Waals surface area contributed by atoms with E-state index in [1.54, 1.807) is 7.05 Å². The van der Waals surface area contributed by atoms with E-state index < -0.39 is 0 Å². The number of carbonyl (C=O) groups excluding carboxylic acids is 1. The number of nitrogens with zero attached hydrogens (tertiary/aromatic N) is 2. The van der Waals surface area contributed by atoms with Crippen LogP contribution < -0.4 is 10.2 Å². The van der Waals surface area contributed by atoms with Crippen molar-refractivity contribution in [3.8, 4) is 0 Å². The largest absolute Gasteiger partial charge is 0.409 e. The summed E-state index contributed by atoms with van der Waals surface area (Å²) in [5.41, 5.74) is 3.07. The number of carbonyl (C=O) groups is 1. The first-order valence-corrected chi connectivity index (χ1v) is 8.82. The minimum Gasteiger partial charge on any atom is -0.409 e. The highest BCUT2D eigenvalue weighted by Gasteiger charge is 2.28. The van der Waals surface area contributed by atoms with E-state index in [4.69, 9.17) is 0 Å². The average molecular weight is 333 g/mol. The Labute approximate surface area is 145 Å². The molecule has 0 radical (unpaired) electrons. The third kappa shape index (κ3) is 4.08. The molecule has 2 atom stereocenters. The molecule has 2 amide bonds. The molecular formula is C19H31N3O2. The van der Waals surface area contributed by atoms with Gasteiger partial charge >= 0.3 is 6.03 Å². The second-order valence-corrected chi connectivity index (χ2v) is 6.16.